The Kier molecular flexibility index (Phi) is 4.55. The molecule has 0 fully saturated rings. The van der Waals surface area contributed by atoms with Gasteiger partial charge in [-0.3, -0.25) is 0 Å². The van der Waals surface area contributed by atoms with Gasteiger partial charge in [-0.15, -0.1) is 5.10 Å². The summed E-state index contributed by atoms with van der Waals surface area (Å²) in [6.07, 6.45) is 1.76. The number of rotatable bonds is 5. The molecule has 2 heterocycles. The van der Waals surface area contributed by atoms with Crippen molar-refractivity contribution in [1.82, 2.24) is 19.7 Å². The Morgan fingerprint density at radius 3 is 2.43 bits per heavy atom. The van der Waals surface area contributed by atoms with Gasteiger partial charge in [-0.2, -0.15) is 9.67 Å². The van der Waals surface area contributed by atoms with Crippen LogP contribution in [-0.2, 0) is 10.0 Å². The van der Waals surface area contributed by atoms with E-state index < -0.39 is 10.0 Å². The standard InChI is InChI=1S/C17H15N7O2S2/c18-15-22-16(21-12-6-8-13(9-7-12)28(19,25)26)23-24(15)17-20-10-14(27-17)11-4-2-1-3-5-11/h1-10H,(H2,19,25,26)(H3,18,21,22,23). The molecule has 142 valence electrons. The predicted molar refractivity (Wildman–Crippen MR) is 108 cm³/mol. The third-order valence-corrected chi connectivity index (χ3v) is 5.76. The number of hydrogen-bond acceptors (Lipinski definition) is 8. The van der Waals surface area contributed by atoms with Crippen LogP contribution >= 0.6 is 11.3 Å². The highest BCUT2D eigenvalue weighted by Crippen LogP contribution is 2.29. The molecule has 0 bridgehead atoms. The molecular weight excluding hydrogens is 398 g/mol. The van der Waals surface area contributed by atoms with Crippen molar-refractivity contribution in [3.63, 3.8) is 0 Å². The third kappa shape index (κ3) is 3.71. The third-order valence-electron chi connectivity index (χ3n) is 3.80. The zero-order chi connectivity index (χ0) is 19.7. The van der Waals surface area contributed by atoms with Crippen molar-refractivity contribution < 1.29 is 8.42 Å². The quantitative estimate of drug-likeness (QED) is 0.456. The van der Waals surface area contributed by atoms with Gasteiger partial charge in [-0.05, 0) is 29.8 Å². The first-order valence-corrected chi connectivity index (χ1v) is 10.4. The lowest BCUT2D eigenvalue weighted by atomic mass is 10.2. The van der Waals surface area contributed by atoms with E-state index in [9.17, 15) is 8.42 Å². The fraction of sp³-hybridized carbons (Fsp3) is 0. The Morgan fingerprint density at radius 1 is 1.04 bits per heavy atom. The maximum Gasteiger partial charge on any atom is 0.248 e. The van der Waals surface area contributed by atoms with E-state index in [-0.39, 0.29) is 16.8 Å². The van der Waals surface area contributed by atoms with Gasteiger partial charge in [0.2, 0.25) is 27.1 Å². The first kappa shape index (κ1) is 18.1. The number of nitrogens with zero attached hydrogens (tertiary/aromatic N) is 4. The summed E-state index contributed by atoms with van der Waals surface area (Å²) in [6, 6.07) is 15.8. The number of sulfonamides is 1. The minimum atomic E-state index is -3.74. The van der Waals surface area contributed by atoms with Crippen molar-refractivity contribution in [1.29, 1.82) is 0 Å². The molecule has 0 saturated heterocycles. The number of nitrogens with one attached hydrogen (secondary N) is 1. The van der Waals surface area contributed by atoms with Gasteiger partial charge in [0.05, 0.1) is 9.77 Å². The van der Waals surface area contributed by atoms with Crippen LogP contribution in [0.5, 0.6) is 0 Å². The Hall–Kier alpha value is -3.28. The number of primary sulfonamides is 1. The molecule has 11 heteroatoms. The summed E-state index contributed by atoms with van der Waals surface area (Å²) < 4.78 is 24.1. The molecule has 9 nitrogen and oxygen atoms in total. The average molecular weight is 413 g/mol. The van der Waals surface area contributed by atoms with Gasteiger partial charge in [-0.1, -0.05) is 41.7 Å². The zero-order valence-corrected chi connectivity index (χ0v) is 16.0. The second kappa shape index (κ2) is 7.03. The minimum absolute atomic E-state index is 0.0206. The Bertz CT molecular complexity index is 1220. The molecule has 5 N–H and O–H groups in total. The fourth-order valence-corrected chi connectivity index (χ4v) is 3.87. The summed E-state index contributed by atoms with van der Waals surface area (Å²) >= 11 is 1.44. The van der Waals surface area contributed by atoms with Gasteiger partial charge in [-0.25, -0.2) is 18.5 Å². The van der Waals surface area contributed by atoms with E-state index in [4.69, 9.17) is 10.9 Å². The van der Waals surface area contributed by atoms with Gasteiger partial charge in [0, 0.05) is 11.9 Å². The van der Waals surface area contributed by atoms with Crippen LogP contribution in [0.15, 0.2) is 65.7 Å². The average Bonchev–Trinajstić information content (AvgIpc) is 3.29. The van der Waals surface area contributed by atoms with E-state index in [0.717, 1.165) is 10.4 Å². The molecule has 28 heavy (non-hydrogen) atoms. The van der Waals surface area contributed by atoms with E-state index in [0.29, 0.717) is 10.8 Å². The molecule has 0 unspecified atom stereocenters. The van der Waals surface area contributed by atoms with Crippen LogP contribution < -0.4 is 16.2 Å². The molecule has 0 aliphatic heterocycles. The molecule has 0 saturated carbocycles. The molecule has 4 rings (SSSR count). The number of thiazole rings is 1. The molecular formula is C17H15N7O2S2. The summed E-state index contributed by atoms with van der Waals surface area (Å²) in [5, 5.41) is 13.0. The molecule has 4 aromatic rings. The van der Waals surface area contributed by atoms with E-state index in [2.05, 4.69) is 20.4 Å². The number of aromatic nitrogens is 4. The smallest absolute Gasteiger partial charge is 0.248 e. The fourth-order valence-electron chi connectivity index (χ4n) is 2.47. The Labute approximate surface area is 164 Å². The van der Waals surface area contributed by atoms with Crippen molar-refractivity contribution in [3.8, 4) is 15.6 Å². The molecule has 0 atom stereocenters. The lowest BCUT2D eigenvalue weighted by Gasteiger charge is -2.02. The SMILES string of the molecule is Nc1nc(Nc2ccc(S(N)(=O)=O)cc2)nn1-c1ncc(-c2ccccc2)s1. The monoisotopic (exact) mass is 413 g/mol. The van der Waals surface area contributed by atoms with Crippen molar-refractivity contribution in [2.24, 2.45) is 5.14 Å². The summed E-state index contributed by atoms with van der Waals surface area (Å²) in [7, 11) is -3.74. The van der Waals surface area contributed by atoms with Crippen molar-refractivity contribution >= 4 is 38.9 Å². The van der Waals surface area contributed by atoms with Gasteiger partial charge >= 0.3 is 0 Å². The lowest BCUT2D eigenvalue weighted by molar-refractivity contribution is 0.598. The van der Waals surface area contributed by atoms with Crippen LogP contribution in [0.25, 0.3) is 15.6 Å². The molecule has 0 aliphatic rings. The Morgan fingerprint density at radius 2 is 1.75 bits per heavy atom. The summed E-state index contributed by atoms with van der Waals surface area (Å²) in [5.74, 6) is 0.440. The molecule has 0 amide bonds. The van der Waals surface area contributed by atoms with E-state index >= 15 is 0 Å². The molecule has 0 aliphatic carbocycles. The normalized spacial score (nSPS) is 11.5. The van der Waals surface area contributed by atoms with Crippen molar-refractivity contribution in [2.45, 2.75) is 4.90 Å². The van der Waals surface area contributed by atoms with Crippen LogP contribution in [0.4, 0.5) is 17.6 Å². The molecule has 0 radical (unpaired) electrons. The van der Waals surface area contributed by atoms with Crippen LogP contribution in [0.1, 0.15) is 0 Å². The minimum Gasteiger partial charge on any atom is -0.368 e. The number of hydrogen-bond donors (Lipinski definition) is 3. The summed E-state index contributed by atoms with van der Waals surface area (Å²) in [4.78, 5) is 9.56. The second-order valence-corrected chi connectivity index (χ2v) is 8.34. The maximum absolute atomic E-state index is 11.3. The number of nitrogen functional groups attached to an aromatic ring is 1. The zero-order valence-electron chi connectivity index (χ0n) is 14.4. The largest absolute Gasteiger partial charge is 0.368 e. The summed E-state index contributed by atoms with van der Waals surface area (Å²) in [5.41, 5.74) is 7.62. The van der Waals surface area contributed by atoms with E-state index in [1.165, 1.54) is 28.2 Å². The first-order chi connectivity index (χ1) is 13.4. The molecule has 2 aromatic heterocycles. The summed E-state index contributed by atoms with van der Waals surface area (Å²) in [6.45, 7) is 0. The van der Waals surface area contributed by atoms with Gasteiger partial charge < -0.3 is 11.1 Å². The van der Waals surface area contributed by atoms with Crippen LogP contribution in [0, 0.1) is 0 Å². The highest BCUT2D eigenvalue weighted by Gasteiger charge is 2.14. The lowest BCUT2D eigenvalue weighted by Crippen LogP contribution is -2.11. The maximum atomic E-state index is 11.3. The van der Waals surface area contributed by atoms with Crippen molar-refractivity contribution in [2.75, 3.05) is 11.1 Å². The Balaban J connectivity index is 1.57. The number of benzene rings is 2. The molecule has 0 spiro atoms. The van der Waals surface area contributed by atoms with Crippen LogP contribution in [0.3, 0.4) is 0 Å². The highest BCUT2D eigenvalue weighted by atomic mass is 32.2. The topological polar surface area (TPSA) is 142 Å². The van der Waals surface area contributed by atoms with E-state index in [1.807, 2.05) is 30.3 Å². The molecule has 2 aromatic carbocycles. The number of nitrogens with two attached hydrogens (primary N) is 2. The van der Waals surface area contributed by atoms with Crippen molar-refractivity contribution in [3.05, 3.63) is 60.8 Å². The van der Waals surface area contributed by atoms with E-state index in [1.54, 1.807) is 18.3 Å². The highest BCUT2D eigenvalue weighted by molar-refractivity contribution is 7.89. The van der Waals surface area contributed by atoms with Gasteiger partial charge in [0.1, 0.15) is 0 Å². The van der Waals surface area contributed by atoms with Crippen LogP contribution in [0.2, 0.25) is 0 Å². The van der Waals surface area contributed by atoms with Gasteiger partial charge in [0.15, 0.2) is 0 Å². The van der Waals surface area contributed by atoms with Crippen LogP contribution in [-0.4, -0.2) is 28.2 Å². The first-order valence-electron chi connectivity index (χ1n) is 8.04. The van der Waals surface area contributed by atoms with Gasteiger partial charge in [0.25, 0.3) is 0 Å². The second-order valence-electron chi connectivity index (χ2n) is 5.77. The number of anilines is 3. The predicted octanol–water partition coefficient (Wildman–Crippen LogP) is 2.36.